The zero-order valence-corrected chi connectivity index (χ0v) is 30.2. The molecule has 50 heavy (non-hydrogen) atoms. The average molecular weight is 706 g/mol. The molecule has 2 aromatic heterocycles. The van der Waals surface area contributed by atoms with Gasteiger partial charge >= 0.3 is 12.2 Å². The Morgan fingerprint density at radius 2 is 1.44 bits per heavy atom. The van der Waals surface area contributed by atoms with Gasteiger partial charge in [0.1, 0.15) is 16.9 Å². The Hall–Kier alpha value is -4.66. The second kappa shape index (κ2) is 14.7. The van der Waals surface area contributed by atoms with Crippen LogP contribution in [0.15, 0.2) is 70.2 Å². The van der Waals surface area contributed by atoms with Crippen LogP contribution in [-0.4, -0.2) is 72.4 Å². The maximum atomic E-state index is 13.6. The van der Waals surface area contributed by atoms with Crippen molar-refractivity contribution < 1.29 is 36.7 Å². The van der Waals surface area contributed by atoms with Crippen molar-refractivity contribution in [2.75, 3.05) is 24.4 Å². The molecule has 1 fully saturated rings. The van der Waals surface area contributed by atoms with Gasteiger partial charge in [0.25, 0.3) is 0 Å². The first-order valence-corrected chi connectivity index (χ1v) is 18.2. The Kier molecular flexibility index (Phi) is 10.7. The minimum Gasteiger partial charge on any atom is -0.443 e. The molecule has 5 rings (SSSR count). The number of ether oxygens (including phenoxy) is 3. The number of sulfone groups is 1. The number of rotatable bonds is 8. The summed E-state index contributed by atoms with van der Waals surface area (Å²) in [6, 6.07) is 16.1. The van der Waals surface area contributed by atoms with E-state index in [0.29, 0.717) is 27.9 Å². The van der Waals surface area contributed by atoms with Crippen LogP contribution in [0.4, 0.5) is 15.4 Å². The summed E-state index contributed by atoms with van der Waals surface area (Å²) in [6.07, 6.45) is 2.39. The molecule has 0 radical (unpaired) electrons. The lowest BCUT2D eigenvalue weighted by atomic mass is 10.1. The fourth-order valence-electron chi connectivity index (χ4n) is 5.07. The van der Waals surface area contributed by atoms with Gasteiger partial charge in [-0.1, -0.05) is 41.6 Å². The summed E-state index contributed by atoms with van der Waals surface area (Å²) in [5, 5.41) is 7.85. The highest BCUT2D eigenvalue weighted by molar-refractivity contribution is 7.90. The minimum absolute atomic E-state index is 0.00226. The van der Waals surface area contributed by atoms with Gasteiger partial charge in [-0.15, -0.1) is 0 Å². The summed E-state index contributed by atoms with van der Waals surface area (Å²) >= 11 is 0. The molecule has 2 aromatic carbocycles. The summed E-state index contributed by atoms with van der Waals surface area (Å²) in [5.41, 5.74) is 1.30. The van der Waals surface area contributed by atoms with Crippen LogP contribution in [0.1, 0.15) is 59.9 Å². The number of carbonyl (C=O) groups excluding carboxylic acids is 2. The van der Waals surface area contributed by atoms with E-state index in [-0.39, 0.29) is 22.2 Å². The Morgan fingerprint density at radius 3 is 2.00 bits per heavy atom. The lowest BCUT2D eigenvalue weighted by Crippen LogP contribution is -2.44. The Morgan fingerprint density at radius 1 is 0.880 bits per heavy atom. The van der Waals surface area contributed by atoms with Crippen molar-refractivity contribution in [3.05, 3.63) is 66.4 Å². The number of nitrogens with zero attached hydrogens (tertiary/aromatic N) is 4. The first-order valence-electron chi connectivity index (χ1n) is 16.3. The highest BCUT2D eigenvalue weighted by Crippen LogP contribution is 2.34. The quantitative estimate of drug-likeness (QED) is 0.204. The van der Waals surface area contributed by atoms with Crippen molar-refractivity contribution in [1.29, 1.82) is 0 Å². The van der Waals surface area contributed by atoms with Gasteiger partial charge in [0.05, 0.1) is 16.8 Å². The number of carbonyl (C=O) groups is 2. The van der Waals surface area contributed by atoms with E-state index in [1.54, 1.807) is 59.7 Å². The zero-order chi connectivity index (χ0) is 36.3. The number of imide groups is 1. The third-order valence-electron chi connectivity index (χ3n) is 7.50. The molecule has 0 unspecified atom stereocenters. The minimum atomic E-state index is -3.43. The van der Waals surface area contributed by atoms with Crippen LogP contribution >= 0.6 is 0 Å². The number of amides is 2. The maximum Gasteiger partial charge on any atom is 0.425 e. The Labute approximate surface area is 292 Å². The van der Waals surface area contributed by atoms with Gasteiger partial charge in [0.15, 0.2) is 27.1 Å². The van der Waals surface area contributed by atoms with E-state index < -0.39 is 33.2 Å². The van der Waals surface area contributed by atoms with E-state index in [1.807, 2.05) is 24.3 Å². The molecule has 14 heteroatoms. The largest absolute Gasteiger partial charge is 0.443 e. The van der Waals surface area contributed by atoms with Crippen molar-refractivity contribution in [3.63, 3.8) is 0 Å². The smallest absolute Gasteiger partial charge is 0.425 e. The van der Waals surface area contributed by atoms with Crippen LogP contribution in [0.25, 0.3) is 34.0 Å². The first kappa shape index (κ1) is 36.6. The molecule has 0 spiro atoms. The number of hydrogen-bond donors (Lipinski definition) is 1. The molecule has 1 aliphatic rings. The van der Waals surface area contributed by atoms with Crippen molar-refractivity contribution in [2.24, 2.45) is 0 Å². The number of benzene rings is 2. The summed E-state index contributed by atoms with van der Waals surface area (Å²) in [7, 11) is -3.43. The summed E-state index contributed by atoms with van der Waals surface area (Å²) in [5.74, 6) is -0.0956. The molecule has 2 amide bonds. The molecule has 0 aliphatic carbocycles. The third kappa shape index (κ3) is 9.52. The zero-order valence-electron chi connectivity index (χ0n) is 29.3. The number of nitrogens with one attached hydrogen (secondary N) is 1. The summed E-state index contributed by atoms with van der Waals surface area (Å²) < 4.78 is 46.5. The van der Waals surface area contributed by atoms with Gasteiger partial charge in [0, 0.05) is 49.2 Å². The van der Waals surface area contributed by atoms with Crippen molar-refractivity contribution in [1.82, 2.24) is 20.4 Å². The number of hydrogen-bond acceptors (Lipinski definition) is 12. The molecule has 0 bridgehead atoms. The van der Waals surface area contributed by atoms with E-state index in [4.69, 9.17) is 23.7 Å². The van der Waals surface area contributed by atoms with Gasteiger partial charge < -0.3 is 24.1 Å². The fraction of sp³-hybridized carbons (Fsp3) is 0.417. The van der Waals surface area contributed by atoms with E-state index in [2.05, 4.69) is 15.5 Å². The lowest BCUT2D eigenvalue weighted by molar-refractivity contribution is 0.0429. The van der Waals surface area contributed by atoms with Gasteiger partial charge in [0.2, 0.25) is 0 Å². The molecule has 1 N–H and O–H groups in total. The highest BCUT2D eigenvalue weighted by Gasteiger charge is 2.37. The van der Waals surface area contributed by atoms with Crippen molar-refractivity contribution in [3.8, 4) is 34.0 Å². The SMILES string of the molecule is CC(C)(C)OC(=O)N(C(=O)OC(C)(C)C)c1ncc(-c2ccc(S(C)(=O)=O)cc2)nc1-c1cc(-c2ccc(CNC3CCOCC3)cc2)no1. The van der Waals surface area contributed by atoms with Crippen LogP contribution < -0.4 is 10.2 Å². The maximum absolute atomic E-state index is 13.6. The summed E-state index contributed by atoms with van der Waals surface area (Å²) in [6.45, 7) is 12.3. The van der Waals surface area contributed by atoms with E-state index in [9.17, 15) is 18.0 Å². The predicted molar refractivity (Wildman–Crippen MR) is 187 cm³/mol. The van der Waals surface area contributed by atoms with Gasteiger partial charge in [-0.3, -0.25) is 0 Å². The van der Waals surface area contributed by atoms with Crippen LogP contribution in [0.2, 0.25) is 0 Å². The first-order chi connectivity index (χ1) is 23.5. The molecule has 1 saturated heterocycles. The van der Waals surface area contributed by atoms with E-state index in [1.165, 1.54) is 18.3 Å². The monoisotopic (exact) mass is 705 g/mol. The van der Waals surface area contributed by atoms with Gasteiger partial charge in [-0.2, -0.15) is 4.90 Å². The van der Waals surface area contributed by atoms with Crippen LogP contribution in [0, 0.1) is 0 Å². The van der Waals surface area contributed by atoms with Crippen molar-refractivity contribution in [2.45, 2.75) is 83.1 Å². The van der Waals surface area contributed by atoms with Crippen LogP contribution in [0.5, 0.6) is 0 Å². The second-order valence-corrected chi connectivity index (χ2v) is 16.1. The van der Waals surface area contributed by atoms with E-state index >= 15 is 0 Å². The Bertz CT molecular complexity index is 1890. The molecule has 1 aliphatic heterocycles. The average Bonchev–Trinajstić information content (AvgIpc) is 3.53. The molecular weight excluding hydrogens is 662 g/mol. The van der Waals surface area contributed by atoms with Crippen molar-refractivity contribution >= 4 is 27.8 Å². The van der Waals surface area contributed by atoms with Gasteiger partial charge in [-0.25, -0.2) is 28.0 Å². The van der Waals surface area contributed by atoms with Crippen LogP contribution in [0.3, 0.4) is 0 Å². The molecule has 3 heterocycles. The van der Waals surface area contributed by atoms with Crippen LogP contribution in [-0.2, 0) is 30.6 Å². The topological polar surface area (TPSA) is 163 Å². The standard InChI is InChI=1S/C36H43N5O8S/c1-35(2,3)47-33(42)41(34(43)48-36(4,5)6)32-31(39-29(22-38-32)25-12-14-27(15-13-25)50(7,44)45)30-20-28(40-49-30)24-10-8-23(9-11-24)21-37-26-16-18-46-19-17-26/h8-15,20,22,26,37H,16-19,21H2,1-7H3. The van der Waals surface area contributed by atoms with Gasteiger partial charge in [-0.05, 0) is 72.1 Å². The second-order valence-electron chi connectivity index (χ2n) is 14.1. The molecule has 266 valence electrons. The predicted octanol–water partition coefficient (Wildman–Crippen LogP) is 6.81. The normalized spacial score (nSPS) is 14.3. The number of anilines is 1. The third-order valence-corrected chi connectivity index (χ3v) is 8.63. The number of aromatic nitrogens is 3. The Balaban J connectivity index is 1.54. The highest BCUT2D eigenvalue weighted by atomic mass is 32.2. The van der Waals surface area contributed by atoms with E-state index in [0.717, 1.165) is 50.0 Å². The molecule has 0 saturated carbocycles. The molecule has 4 aromatic rings. The summed E-state index contributed by atoms with van der Waals surface area (Å²) in [4.78, 5) is 37.2. The fourth-order valence-corrected chi connectivity index (χ4v) is 5.70. The lowest BCUT2D eigenvalue weighted by Gasteiger charge is -2.28. The molecule has 13 nitrogen and oxygen atoms in total. The molecular formula is C36H43N5O8S. The molecule has 0 atom stereocenters.